The molecule has 0 radical (unpaired) electrons. The van der Waals surface area contributed by atoms with Crippen LogP contribution in [0.25, 0.3) is 0 Å². The molecule has 1 saturated carbocycles. The Kier molecular flexibility index (Phi) is 3.16. The molecule has 0 aliphatic heterocycles. The number of amides is 1. The van der Waals surface area contributed by atoms with Gasteiger partial charge in [-0.15, -0.1) is 0 Å². The molecule has 0 aromatic heterocycles. The third-order valence-electron chi connectivity index (χ3n) is 2.50. The van der Waals surface area contributed by atoms with Gasteiger partial charge in [-0.2, -0.15) is 13.2 Å². The van der Waals surface area contributed by atoms with Crippen molar-refractivity contribution in [3.8, 4) is 0 Å². The van der Waals surface area contributed by atoms with Crippen LogP contribution < -0.4 is 5.32 Å². The number of benzene rings is 1. The minimum absolute atomic E-state index is 0.0450. The van der Waals surface area contributed by atoms with Gasteiger partial charge in [-0.25, -0.2) is 0 Å². The first-order valence-corrected chi connectivity index (χ1v) is 5.85. The van der Waals surface area contributed by atoms with Crippen molar-refractivity contribution in [1.29, 1.82) is 0 Å². The minimum Gasteiger partial charge on any atom is -0.325 e. The fourth-order valence-corrected chi connectivity index (χ4v) is 1.72. The van der Waals surface area contributed by atoms with E-state index in [9.17, 15) is 18.0 Å². The lowest BCUT2D eigenvalue weighted by atomic mass is 10.2. The van der Waals surface area contributed by atoms with E-state index in [4.69, 9.17) is 0 Å². The molecule has 1 N–H and O–H groups in total. The number of nitrogens with one attached hydrogen (secondary N) is 1. The van der Waals surface area contributed by atoms with Crippen LogP contribution in [-0.4, -0.2) is 5.91 Å². The van der Waals surface area contributed by atoms with Crippen molar-refractivity contribution in [3.63, 3.8) is 0 Å². The molecule has 17 heavy (non-hydrogen) atoms. The van der Waals surface area contributed by atoms with Gasteiger partial charge in [0.2, 0.25) is 5.91 Å². The molecule has 1 aromatic rings. The van der Waals surface area contributed by atoms with Gasteiger partial charge >= 0.3 is 6.18 Å². The van der Waals surface area contributed by atoms with Crippen LogP contribution in [0.15, 0.2) is 22.7 Å². The van der Waals surface area contributed by atoms with Gasteiger partial charge in [0.15, 0.2) is 0 Å². The third-order valence-corrected chi connectivity index (χ3v) is 3.19. The third kappa shape index (κ3) is 3.00. The smallest absolute Gasteiger partial charge is 0.325 e. The number of halogens is 4. The molecule has 2 nitrogen and oxygen atoms in total. The maximum atomic E-state index is 12.5. The fraction of sp³-hybridized carbons (Fsp3) is 0.364. The van der Waals surface area contributed by atoms with Crippen LogP contribution >= 0.6 is 15.9 Å². The summed E-state index contributed by atoms with van der Waals surface area (Å²) in [6.07, 6.45) is -2.79. The van der Waals surface area contributed by atoms with E-state index in [1.807, 2.05) is 0 Å². The van der Waals surface area contributed by atoms with Crippen LogP contribution in [0.3, 0.4) is 0 Å². The number of hydrogen-bond acceptors (Lipinski definition) is 1. The second kappa shape index (κ2) is 4.33. The highest BCUT2D eigenvalue weighted by molar-refractivity contribution is 9.10. The van der Waals surface area contributed by atoms with E-state index in [-0.39, 0.29) is 17.5 Å². The molecule has 1 aliphatic rings. The first-order valence-electron chi connectivity index (χ1n) is 5.05. The molecule has 0 heterocycles. The van der Waals surface area contributed by atoms with Crippen LogP contribution in [0.4, 0.5) is 18.9 Å². The van der Waals surface area contributed by atoms with Crippen molar-refractivity contribution in [3.05, 3.63) is 28.2 Å². The summed E-state index contributed by atoms with van der Waals surface area (Å²) in [4.78, 5) is 11.5. The second-order valence-corrected chi connectivity index (χ2v) is 4.81. The topological polar surface area (TPSA) is 29.1 Å². The largest absolute Gasteiger partial charge is 0.416 e. The molecule has 0 unspecified atom stereocenters. The predicted octanol–water partition coefficient (Wildman–Crippen LogP) is 3.82. The van der Waals surface area contributed by atoms with Gasteiger partial charge in [0.25, 0.3) is 0 Å². The molecule has 2 rings (SSSR count). The highest BCUT2D eigenvalue weighted by atomic mass is 79.9. The molecule has 1 fully saturated rings. The maximum absolute atomic E-state index is 12.5. The zero-order valence-electron chi connectivity index (χ0n) is 8.64. The Labute approximate surface area is 104 Å². The zero-order chi connectivity index (χ0) is 12.6. The van der Waals surface area contributed by atoms with Gasteiger partial charge in [-0.05, 0) is 47.0 Å². The second-order valence-electron chi connectivity index (χ2n) is 3.96. The molecule has 1 aliphatic carbocycles. The molecule has 0 spiro atoms. The van der Waals surface area contributed by atoms with Crippen molar-refractivity contribution in [1.82, 2.24) is 0 Å². The number of anilines is 1. The van der Waals surface area contributed by atoms with E-state index in [1.54, 1.807) is 0 Å². The van der Waals surface area contributed by atoms with Crippen molar-refractivity contribution in [2.24, 2.45) is 5.92 Å². The van der Waals surface area contributed by atoms with Crippen LogP contribution in [0.1, 0.15) is 18.4 Å². The van der Waals surface area contributed by atoms with Crippen molar-refractivity contribution < 1.29 is 18.0 Å². The molecule has 1 aromatic carbocycles. The van der Waals surface area contributed by atoms with E-state index in [0.717, 1.165) is 25.0 Å². The SMILES string of the molecule is O=C(Nc1cc(C(F)(F)F)ccc1Br)C1CC1. The summed E-state index contributed by atoms with van der Waals surface area (Å²) in [5.74, 6) is -0.263. The molecule has 0 atom stereocenters. The lowest BCUT2D eigenvalue weighted by Crippen LogP contribution is -2.14. The van der Waals surface area contributed by atoms with Gasteiger partial charge in [0.05, 0.1) is 11.3 Å². The molecular weight excluding hydrogens is 299 g/mol. The highest BCUT2D eigenvalue weighted by Crippen LogP contribution is 2.35. The van der Waals surface area contributed by atoms with Crippen LogP contribution in [0.2, 0.25) is 0 Å². The quantitative estimate of drug-likeness (QED) is 0.884. The average molecular weight is 308 g/mol. The monoisotopic (exact) mass is 307 g/mol. The van der Waals surface area contributed by atoms with Gasteiger partial charge < -0.3 is 5.32 Å². The van der Waals surface area contributed by atoms with Gasteiger partial charge in [-0.1, -0.05) is 0 Å². The van der Waals surface area contributed by atoms with E-state index in [0.29, 0.717) is 4.47 Å². The van der Waals surface area contributed by atoms with Gasteiger partial charge in [0, 0.05) is 10.4 Å². The standard InChI is InChI=1S/C11H9BrF3NO/c12-8-4-3-7(11(13,14)15)5-9(8)16-10(17)6-1-2-6/h3-6H,1-2H2,(H,16,17). The number of hydrogen-bond donors (Lipinski definition) is 1. The first kappa shape index (κ1) is 12.4. The number of carbonyl (C=O) groups is 1. The maximum Gasteiger partial charge on any atom is 0.416 e. The van der Waals surface area contributed by atoms with E-state index >= 15 is 0 Å². The summed E-state index contributed by atoms with van der Waals surface area (Å²) in [5, 5.41) is 2.50. The lowest BCUT2D eigenvalue weighted by Gasteiger charge is -2.11. The van der Waals surface area contributed by atoms with Crippen LogP contribution in [0.5, 0.6) is 0 Å². The van der Waals surface area contributed by atoms with Crippen LogP contribution in [0, 0.1) is 5.92 Å². The molecule has 0 bridgehead atoms. The number of alkyl halides is 3. The summed E-state index contributed by atoms with van der Waals surface area (Å²) < 4.78 is 37.9. The average Bonchev–Trinajstić information content (AvgIpc) is 3.02. The summed E-state index contributed by atoms with van der Waals surface area (Å²) >= 11 is 3.11. The van der Waals surface area contributed by atoms with Crippen molar-refractivity contribution in [2.45, 2.75) is 19.0 Å². The van der Waals surface area contributed by atoms with Gasteiger partial charge in [0.1, 0.15) is 0 Å². The van der Waals surface area contributed by atoms with Crippen molar-refractivity contribution >= 4 is 27.5 Å². The Balaban J connectivity index is 2.22. The minimum atomic E-state index is -4.40. The highest BCUT2D eigenvalue weighted by Gasteiger charge is 2.32. The first-order chi connectivity index (χ1) is 7.88. The molecule has 1 amide bonds. The Hall–Kier alpha value is -1.04. The fourth-order valence-electron chi connectivity index (χ4n) is 1.38. The molecular formula is C11H9BrF3NO. The molecule has 6 heteroatoms. The Morgan fingerprint density at radius 3 is 2.53 bits per heavy atom. The lowest BCUT2D eigenvalue weighted by molar-refractivity contribution is -0.137. The summed E-state index contributed by atoms with van der Waals surface area (Å²) in [5.41, 5.74) is -0.608. The molecule has 92 valence electrons. The predicted molar refractivity (Wildman–Crippen MR) is 60.5 cm³/mol. The normalized spacial score (nSPS) is 15.8. The molecule has 0 saturated heterocycles. The summed E-state index contributed by atoms with van der Waals surface area (Å²) in [6.45, 7) is 0. The Morgan fingerprint density at radius 2 is 2.00 bits per heavy atom. The number of carbonyl (C=O) groups excluding carboxylic acids is 1. The Bertz CT molecular complexity index is 455. The van der Waals surface area contributed by atoms with E-state index < -0.39 is 11.7 Å². The number of rotatable bonds is 2. The van der Waals surface area contributed by atoms with E-state index in [2.05, 4.69) is 21.2 Å². The van der Waals surface area contributed by atoms with Gasteiger partial charge in [-0.3, -0.25) is 4.79 Å². The van der Waals surface area contributed by atoms with E-state index in [1.165, 1.54) is 6.07 Å². The van der Waals surface area contributed by atoms with Crippen LogP contribution in [-0.2, 0) is 11.0 Å². The summed E-state index contributed by atoms with van der Waals surface area (Å²) in [6, 6.07) is 3.19. The van der Waals surface area contributed by atoms with Crippen molar-refractivity contribution in [2.75, 3.05) is 5.32 Å². The zero-order valence-corrected chi connectivity index (χ0v) is 10.2. The summed E-state index contributed by atoms with van der Waals surface area (Å²) in [7, 11) is 0. The Morgan fingerprint density at radius 1 is 1.35 bits per heavy atom.